The lowest BCUT2D eigenvalue weighted by Crippen LogP contribution is -2.46. The molecule has 0 spiro atoms. The number of rotatable bonds is 5. The zero-order chi connectivity index (χ0) is 20.2. The molecule has 0 atom stereocenters. The summed E-state index contributed by atoms with van der Waals surface area (Å²) in [6, 6.07) is 18.4. The van der Waals surface area contributed by atoms with Gasteiger partial charge in [-0.05, 0) is 37.1 Å². The second kappa shape index (κ2) is 8.31. The van der Waals surface area contributed by atoms with E-state index in [0.29, 0.717) is 19.0 Å². The number of benzene rings is 2. The molecule has 3 aromatic rings. The summed E-state index contributed by atoms with van der Waals surface area (Å²) in [4.78, 5) is 24.6. The third kappa shape index (κ3) is 4.37. The zero-order valence-corrected chi connectivity index (χ0v) is 16.8. The van der Waals surface area contributed by atoms with Gasteiger partial charge >= 0.3 is 0 Å². The Labute approximate surface area is 171 Å². The fraction of sp³-hybridized carbons (Fsp3) is 0.261. The maximum atomic E-state index is 11.0. The first-order valence-electron chi connectivity index (χ1n) is 9.85. The molecule has 29 heavy (non-hydrogen) atoms. The molecule has 1 aliphatic rings. The van der Waals surface area contributed by atoms with Gasteiger partial charge in [-0.15, -0.1) is 0 Å². The van der Waals surface area contributed by atoms with Crippen LogP contribution in [0.4, 0.5) is 17.5 Å². The van der Waals surface area contributed by atoms with E-state index in [2.05, 4.69) is 48.3 Å². The van der Waals surface area contributed by atoms with E-state index in [9.17, 15) is 4.79 Å². The van der Waals surface area contributed by atoms with Gasteiger partial charge in [-0.3, -0.25) is 4.79 Å². The van der Waals surface area contributed by atoms with E-state index < -0.39 is 0 Å². The Kier molecular flexibility index (Phi) is 5.42. The number of hydrogen-bond acceptors (Lipinski definition) is 5. The Morgan fingerprint density at radius 2 is 1.66 bits per heavy atom. The summed E-state index contributed by atoms with van der Waals surface area (Å²) in [6.45, 7) is 7.12. The number of nitrogens with zero attached hydrogens (tertiary/aromatic N) is 4. The molecule has 2 aromatic carbocycles. The molecule has 6 heteroatoms. The minimum absolute atomic E-state index is 0.572. The molecule has 1 N–H and O–H groups in total. The molecule has 1 aromatic heterocycles. The second-order valence-corrected chi connectivity index (χ2v) is 7.35. The molecule has 2 heterocycles. The van der Waals surface area contributed by atoms with E-state index in [1.165, 1.54) is 11.1 Å². The molecule has 4 rings (SSSR count). The molecule has 148 valence electrons. The van der Waals surface area contributed by atoms with Crippen LogP contribution in [0, 0.1) is 13.8 Å². The molecule has 0 aliphatic carbocycles. The van der Waals surface area contributed by atoms with Gasteiger partial charge in [0.1, 0.15) is 5.82 Å². The summed E-state index contributed by atoms with van der Waals surface area (Å²) in [6.07, 6.45) is 0.916. The quantitative estimate of drug-likeness (QED) is 0.675. The zero-order valence-electron chi connectivity index (χ0n) is 16.8. The maximum Gasteiger partial charge on any atom is 0.229 e. The van der Waals surface area contributed by atoms with Crippen molar-refractivity contribution in [2.45, 2.75) is 13.8 Å². The van der Waals surface area contributed by atoms with Gasteiger partial charge < -0.3 is 15.1 Å². The number of carbonyl (C=O) groups is 1. The fourth-order valence-electron chi connectivity index (χ4n) is 3.41. The van der Waals surface area contributed by atoms with Crippen molar-refractivity contribution >= 4 is 23.9 Å². The molecule has 0 saturated carbocycles. The predicted octanol–water partition coefficient (Wildman–Crippen LogP) is 3.78. The van der Waals surface area contributed by atoms with Crippen LogP contribution in [0.15, 0.2) is 54.6 Å². The van der Waals surface area contributed by atoms with Crippen molar-refractivity contribution < 1.29 is 4.79 Å². The van der Waals surface area contributed by atoms with Crippen molar-refractivity contribution in [2.75, 3.05) is 36.4 Å². The van der Waals surface area contributed by atoms with E-state index in [1.807, 2.05) is 30.3 Å². The lowest BCUT2D eigenvalue weighted by molar-refractivity contribution is -0.118. The number of aromatic nitrogens is 2. The first kappa shape index (κ1) is 18.9. The van der Waals surface area contributed by atoms with Crippen LogP contribution in [0.1, 0.15) is 11.1 Å². The minimum Gasteiger partial charge on any atom is -0.353 e. The molecule has 0 bridgehead atoms. The van der Waals surface area contributed by atoms with E-state index in [0.717, 1.165) is 42.3 Å². The van der Waals surface area contributed by atoms with Crippen molar-refractivity contribution in [1.29, 1.82) is 0 Å². The van der Waals surface area contributed by atoms with Gasteiger partial charge in [0.2, 0.25) is 12.4 Å². The van der Waals surface area contributed by atoms with Crippen LogP contribution >= 0.6 is 0 Å². The molecule has 1 fully saturated rings. The van der Waals surface area contributed by atoms with Crippen LogP contribution in [0.25, 0.3) is 11.3 Å². The molecular formula is C23H25N5O. The summed E-state index contributed by atoms with van der Waals surface area (Å²) >= 11 is 0. The summed E-state index contributed by atoms with van der Waals surface area (Å²) in [5, 5.41) is 3.37. The Balaban J connectivity index is 1.68. The largest absolute Gasteiger partial charge is 0.353 e. The van der Waals surface area contributed by atoms with E-state index >= 15 is 0 Å². The Morgan fingerprint density at radius 1 is 0.897 bits per heavy atom. The molecule has 1 saturated heterocycles. The van der Waals surface area contributed by atoms with Gasteiger partial charge in [-0.2, -0.15) is 4.98 Å². The van der Waals surface area contributed by atoms with Crippen LogP contribution in [-0.4, -0.2) is 47.5 Å². The van der Waals surface area contributed by atoms with Crippen molar-refractivity contribution in [3.63, 3.8) is 0 Å². The summed E-state index contributed by atoms with van der Waals surface area (Å²) in [5.74, 6) is 1.44. The molecular weight excluding hydrogens is 362 g/mol. The van der Waals surface area contributed by atoms with Crippen LogP contribution in [-0.2, 0) is 4.79 Å². The lowest BCUT2D eigenvalue weighted by Gasteiger charge is -2.33. The average molecular weight is 387 g/mol. The van der Waals surface area contributed by atoms with Crippen LogP contribution in [0.3, 0.4) is 0 Å². The monoisotopic (exact) mass is 387 g/mol. The highest BCUT2D eigenvalue weighted by Crippen LogP contribution is 2.26. The standard InChI is InChI=1S/C23H25N5O/c1-17-8-9-20(14-18(17)2)24-23-25-21(19-6-4-3-5-7-19)15-22(26-23)28-12-10-27(16-29)11-13-28/h3-9,14-16H,10-13H2,1-2H3,(H,24,25,26). The summed E-state index contributed by atoms with van der Waals surface area (Å²) < 4.78 is 0. The van der Waals surface area contributed by atoms with Gasteiger partial charge in [-0.1, -0.05) is 36.4 Å². The van der Waals surface area contributed by atoms with Crippen molar-refractivity contribution in [2.24, 2.45) is 0 Å². The third-order valence-electron chi connectivity index (χ3n) is 5.33. The molecule has 1 aliphatic heterocycles. The Morgan fingerprint density at radius 3 is 2.34 bits per heavy atom. The van der Waals surface area contributed by atoms with Crippen LogP contribution in [0.5, 0.6) is 0 Å². The van der Waals surface area contributed by atoms with Gasteiger partial charge in [0, 0.05) is 43.5 Å². The SMILES string of the molecule is Cc1ccc(Nc2nc(-c3ccccc3)cc(N3CCN(C=O)CC3)n2)cc1C. The fourth-order valence-corrected chi connectivity index (χ4v) is 3.41. The van der Waals surface area contributed by atoms with E-state index in [4.69, 9.17) is 9.97 Å². The second-order valence-electron chi connectivity index (χ2n) is 7.35. The first-order valence-corrected chi connectivity index (χ1v) is 9.85. The van der Waals surface area contributed by atoms with Crippen molar-refractivity contribution in [3.05, 3.63) is 65.7 Å². The summed E-state index contributed by atoms with van der Waals surface area (Å²) in [5.41, 5.74) is 5.36. The molecule has 6 nitrogen and oxygen atoms in total. The third-order valence-corrected chi connectivity index (χ3v) is 5.33. The number of piperazine rings is 1. The minimum atomic E-state index is 0.572. The molecule has 1 amide bonds. The van der Waals surface area contributed by atoms with Crippen LogP contribution in [0.2, 0.25) is 0 Å². The Hall–Kier alpha value is -3.41. The predicted molar refractivity (Wildman–Crippen MR) is 117 cm³/mol. The van der Waals surface area contributed by atoms with Gasteiger partial charge in [0.05, 0.1) is 5.69 Å². The van der Waals surface area contributed by atoms with E-state index in [-0.39, 0.29) is 0 Å². The normalized spacial score (nSPS) is 14.0. The highest BCUT2D eigenvalue weighted by molar-refractivity contribution is 5.67. The smallest absolute Gasteiger partial charge is 0.229 e. The van der Waals surface area contributed by atoms with Crippen LogP contribution < -0.4 is 10.2 Å². The van der Waals surface area contributed by atoms with Crippen molar-refractivity contribution in [3.8, 4) is 11.3 Å². The number of amides is 1. The van der Waals surface area contributed by atoms with Gasteiger partial charge in [0.15, 0.2) is 0 Å². The molecule has 0 radical (unpaired) electrons. The van der Waals surface area contributed by atoms with E-state index in [1.54, 1.807) is 4.90 Å². The number of carbonyl (C=O) groups excluding carboxylic acids is 1. The number of nitrogens with one attached hydrogen (secondary N) is 1. The van der Waals surface area contributed by atoms with Gasteiger partial charge in [-0.25, -0.2) is 4.98 Å². The number of anilines is 3. The average Bonchev–Trinajstić information content (AvgIpc) is 2.77. The highest BCUT2D eigenvalue weighted by Gasteiger charge is 2.19. The van der Waals surface area contributed by atoms with Crippen molar-refractivity contribution in [1.82, 2.24) is 14.9 Å². The highest BCUT2D eigenvalue weighted by atomic mass is 16.1. The number of hydrogen-bond donors (Lipinski definition) is 1. The maximum absolute atomic E-state index is 11.0. The Bertz CT molecular complexity index is 997. The lowest BCUT2D eigenvalue weighted by atomic mass is 10.1. The first-order chi connectivity index (χ1) is 14.1. The molecule has 0 unspecified atom stereocenters. The topological polar surface area (TPSA) is 61.4 Å². The summed E-state index contributed by atoms with van der Waals surface area (Å²) in [7, 11) is 0. The van der Waals surface area contributed by atoms with Gasteiger partial charge in [0.25, 0.3) is 0 Å². The number of aryl methyl sites for hydroxylation is 2.